The molecule has 1 aromatic rings. The third-order valence-electron chi connectivity index (χ3n) is 5.34. The van der Waals surface area contributed by atoms with E-state index in [2.05, 4.69) is 0 Å². The summed E-state index contributed by atoms with van der Waals surface area (Å²) in [5, 5.41) is 0. The van der Waals surface area contributed by atoms with Gasteiger partial charge in [-0.25, -0.2) is 8.42 Å². The lowest BCUT2D eigenvalue weighted by Gasteiger charge is -2.42. The number of hydrogen-bond acceptors (Lipinski definition) is 5. The van der Waals surface area contributed by atoms with E-state index in [4.69, 9.17) is 10.5 Å². The zero-order valence-electron chi connectivity index (χ0n) is 17.3. The number of piperidine rings is 1. The van der Waals surface area contributed by atoms with Crippen molar-refractivity contribution in [3.63, 3.8) is 0 Å². The van der Waals surface area contributed by atoms with Gasteiger partial charge < -0.3 is 15.4 Å². The average molecular weight is 434 g/mol. The molecule has 28 heavy (non-hydrogen) atoms. The number of benzene rings is 1. The molecule has 1 aromatic carbocycles. The van der Waals surface area contributed by atoms with Crippen LogP contribution in [0.5, 0.6) is 5.75 Å². The molecule has 1 fully saturated rings. The highest BCUT2D eigenvalue weighted by atomic mass is 35.5. The second-order valence-electron chi connectivity index (χ2n) is 7.56. The molecule has 0 bridgehead atoms. The maximum Gasteiger partial charge on any atom is 0.257 e. The first-order valence-electron chi connectivity index (χ1n) is 9.31. The molecule has 0 spiro atoms. The van der Waals surface area contributed by atoms with E-state index in [1.807, 2.05) is 13.8 Å². The molecule has 0 aliphatic carbocycles. The van der Waals surface area contributed by atoms with Crippen LogP contribution in [0, 0.1) is 5.41 Å². The van der Waals surface area contributed by atoms with Gasteiger partial charge in [0.25, 0.3) is 5.91 Å². The zero-order valence-corrected chi connectivity index (χ0v) is 18.9. The summed E-state index contributed by atoms with van der Waals surface area (Å²) in [5.74, 6) is 0.134. The number of ether oxygens (including phenoxy) is 1. The van der Waals surface area contributed by atoms with Crippen LogP contribution in [0.25, 0.3) is 0 Å². The molecule has 1 saturated heterocycles. The molecule has 0 aromatic heterocycles. The minimum Gasteiger partial charge on any atom is -0.496 e. The summed E-state index contributed by atoms with van der Waals surface area (Å²) in [6.45, 7) is 9.44. The van der Waals surface area contributed by atoms with Crippen LogP contribution in [-0.2, 0) is 10.0 Å². The normalized spacial score (nSPS) is 19.2. The maximum atomic E-state index is 13.2. The number of likely N-dealkylation sites (tertiary alicyclic amines) is 1. The van der Waals surface area contributed by atoms with E-state index < -0.39 is 10.0 Å². The van der Waals surface area contributed by atoms with Crippen molar-refractivity contribution in [3.8, 4) is 5.75 Å². The number of rotatable bonds is 6. The predicted octanol–water partition coefficient (Wildman–Crippen LogP) is 2.35. The number of amides is 1. The Morgan fingerprint density at radius 3 is 2.43 bits per heavy atom. The monoisotopic (exact) mass is 433 g/mol. The third-order valence-corrected chi connectivity index (χ3v) is 7.39. The summed E-state index contributed by atoms with van der Waals surface area (Å²) < 4.78 is 32.4. The summed E-state index contributed by atoms with van der Waals surface area (Å²) in [6, 6.07) is 4.48. The Morgan fingerprint density at radius 1 is 1.32 bits per heavy atom. The van der Waals surface area contributed by atoms with E-state index in [-0.39, 0.29) is 40.2 Å². The Kier molecular flexibility index (Phi) is 8.32. The molecule has 1 amide bonds. The van der Waals surface area contributed by atoms with Crippen LogP contribution < -0.4 is 10.5 Å². The van der Waals surface area contributed by atoms with E-state index in [1.54, 1.807) is 24.8 Å². The number of methoxy groups -OCH3 is 1. The molecule has 7 nitrogen and oxygen atoms in total. The van der Waals surface area contributed by atoms with Crippen molar-refractivity contribution in [3.05, 3.63) is 23.8 Å². The number of halogens is 1. The van der Waals surface area contributed by atoms with E-state index in [0.717, 1.165) is 0 Å². The molecule has 160 valence electrons. The molecule has 1 atom stereocenters. The van der Waals surface area contributed by atoms with Crippen LogP contribution >= 0.6 is 12.4 Å². The molecule has 1 heterocycles. The van der Waals surface area contributed by atoms with Crippen LogP contribution in [0.1, 0.15) is 44.5 Å². The van der Waals surface area contributed by atoms with Gasteiger partial charge >= 0.3 is 0 Å². The number of hydrogen-bond donors (Lipinski definition) is 1. The van der Waals surface area contributed by atoms with Gasteiger partial charge in [0.05, 0.1) is 17.6 Å². The van der Waals surface area contributed by atoms with E-state index >= 15 is 0 Å². The molecule has 2 rings (SSSR count). The molecule has 0 saturated carbocycles. The first kappa shape index (κ1) is 24.7. The average Bonchev–Trinajstić information content (AvgIpc) is 2.63. The highest BCUT2D eigenvalue weighted by Gasteiger charge is 2.36. The predicted molar refractivity (Wildman–Crippen MR) is 113 cm³/mol. The Bertz CT molecular complexity index is 794. The van der Waals surface area contributed by atoms with Crippen LogP contribution in [0.4, 0.5) is 0 Å². The minimum absolute atomic E-state index is 0. The Labute approximate surface area is 174 Å². The van der Waals surface area contributed by atoms with Crippen molar-refractivity contribution in [2.24, 2.45) is 11.1 Å². The summed E-state index contributed by atoms with van der Waals surface area (Å²) in [7, 11) is -2.18. The molecule has 2 N–H and O–H groups in total. The highest BCUT2D eigenvalue weighted by molar-refractivity contribution is 7.89. The highest BCUT2D eigenvalue weighted by Crippen LogP contribution is 2.31. The van der Waals surface area contributed by atoms with Crippen LogP contribution in [0.3, 0.4) is 0 Å². The molecule has 1 aliphatic heterocycles. The van der Waals surface area contributed by atoms with Crippen molar-refractivity contribution >= 4 is 28.3 Å². The lowest BCUT2D eigenvalue weighted by atomic mass is 9.79. The third kappa shape index (κ3) is 4.79. The van der Waals surface area contributed by atoms with Crippen molar-refractivity contribution in [2.75, 3.05) is 33.3 Å². The number of carbonyl (C=O) groups excluding carboxylic acids is 1. The smallest absolute Gasteiger partial charge is 0.257 e. The number of nitrogens with zero attached hydrogens (tertiary/aromatic N) is 2. The Balaban J connectivity index is 0.00000392. The second-order valence-corrected chi connectivity index (χ2v) is 9.50. The van der Waals surface area contributed by atoms with Gasteiger partial charge in [-0.2, -0.15) is 4.31 Å². The lowest BCUT2D eigenvalue weighted by Crippen LogP contribution is -2.54. The van der Waals surface area contributed by atoms with Gasteiger partial charge in [-0.3, -0.25) is 4.79 Å². The van der Waals surface area contributed by atoms with Crippen LogP contribution in [-0.4, -0.2) is 62.9 Å². The van der Waals surface area contributed by atoms with E-state index in [9.17, 15) is 13.2 Å². The largest absolute Gasteiger partial charge is 0.496 e. The van der Waals surface area contributed by atoms with Crippen molar-refractivity contribution in [1.29, 1.82) is 0 Å². The molecule has 9 heteroatoms. The van der Waals surface area contributed by atoms with Gasteiger partial charge in [0, 0.05) is 32.2 Å². The van der Waals surface area contributed by atoms with Gasteiger partial charge in [-0.15, -0.1) is 12.4 Å². The summed E-state index contributed by atoms with van der Waals surface area (Å²) in [6.07, 6.45) is 0.707. The summed E-state index contributed by atoms with van der Waals surface area (Å²) in [5.41, 5.74) is 6.23. The van der Waals surface area contributed by atoms with Crippen LogP contribution in [0.15, 0.2) is 23.1 Å². The first-order valence-corrected chi connectivity index (χ1v) is 10.8. The maximum absolute atomic E-state index is 13.2. The van der Waals surface area contributed by atoms with E-state index in [0.29, 0.717) is 38.3 Å². The molecular weight excluding hydrogens is 402 g/mol. The fourth-order valence-electron chi connectivity index (χ4n) is 3.44. The summed E-state index contributed by atoms with van der Waals surface area (Å²) in [4.78, 5) is 15.0. The fourth-order valence-corrected chi connectivity index (χ4v) is 4.93. The van der Waals surface area contributed by atoms with Gasteiger partial charge in [0.1, 0.15) is 5.75 Å². The van der Waals surface area contributed by atoms with Gasteiger partial charge in [0.2, 0.25) is 10.0 Å². The van der Waals surface area contributed by atoms with Crippen molar-refractivity contribution in [2.45, 2.75) is 45.1 Å². The number of carbonyl (C=O) groups is 1. The minimum atomic E-state index is -3.66. The zero-order chi connectivity index (χ0) is 20.4. The molecule has 0 radical (unpaired) electrons. The first-order chi connectivity index (χ1) is 12.6. The molecule has 1 aliphatic rings. The fraction of sp³-hybridized carbons (Fsp3) is 0.632. The van der Waals surface area contributed by atoms with Crippen molar-refractivity contribution < 1.29 is 17.9 Å². The van der Waals surface area contributed by atoms with Gasteiger partial charge in [-0.05, 0) is 30.0 Å². The SMILES string of the molecule is CCN(CC)S(=O)(=O)c1ccc(OC)c(C(=O)N2CCC(N)C(C)(C)C2)c1.Cl. The number of sulfonamides is 1. The molecule has 1 unspecified atom stereocenters. The topological polar surface area (TPSA) is 92.9 Å². The lowest BCUT2D eigenvalue weighted by molar-refractivity contribution is 0.0529. The van der Waals surface area contributed by atoms with Gasteiger partial charge in [-0.1, -0.05) is 27.7 Å². The van der Waals surface area contributed by atoms with Gasteiger partial charge in [0.15, 0.2) is 0 Å². The second kappa shape index (κ2) is 9.43. The number of nitrogens with two attached hydrogens (primary N) is 1. The van der Waals surface area contributed by atoms with Crippen LogP contribution in [0.2, 0.25) is 0 Å². The summed E-state index contributed by atoms with van der Waals surface area (Å²) >= 11 is 0. The Morgan fingerprint density at radius 2 is 1.93 bits per heavy atom. The standard InChI is InChI=1S/C19H31N3O4S.ClH/c1-6-22(7-2)27(24,25)14-8-9-16(26-5)15(12-14)18(23)21-11-10-17(20)19(3,4)13-21;/h8-9,12,17H,6-7,10-11,13,20H2,1-5H3;1H. The van der Waals surface area contributed by atoms with E-state index in [1.165, 1.54) is 23.5 Å². The molecular formula is C19H32ClN3O4S. The quantitative estimate of drug-likeness (QED) is 0.743. The van der Waals surface area contributed by atoms with Crippen molar-refractivity contribution in [1.82, 2.24) is 9.21 Å². The Hall–Kier alpha value is -1.35.